The molecule has 0 spiro atoms. The lowest BCUT2D eigenvalue weighted by Crippen LogP contribution is -2.29. The quantitative estimate of drug-likeness (QED) is 0.670. The number of hydrogen-bond donors (Lipinski definition) is 1. The van der Waals surface area contributed by atoms with Gasteiger partial charge >= 0.3 is 5.97 Å². The van der Waals surface area contributed by atoms with Gasteiger partial charge in [0.2, 0.25) is 0 Å². The van der Waals surface area contributed by atoms with Gasteiger partial charge in [-0.25, -0.2) is 9.18 Å². The van der Waals surface area contributed by atoms with E-state index in [1.807, 2.05) is 25.1 Å². The van der Waals surface area contributed by atoms with Crippen LogP contribution in [0, 0.1) is 5.82 Å². The Morgan fingerprint density at radius 3 is 2.61 bits per heavy atom. The zero-order valence-corrected chi connectivity index (χ0v) is 15.7. The number of ether oxygens (including phenoxy) is 3. The second-order valence-electron chi connectivity index (χ2n) is 5.73. The van der Waals surface area contributed by atoms with Crippen molar-refractivity contribution in [2.45, 2.75) is 13.5 Å². The van der Waals surface area contributed by atoms with Crippen LogP contribution in [0.1, 0.15) is 18.1 Å². The third-order valence-electron chi connectivity index (χ3n) is 3.69. The van der Waals surface area contributed by atoms with Crippen molar-refractivity contribution < 1.29 is 28.2 Å². The van der Waals surface area contributed by atoms with Gasteiger partial charge in [0, 0.05) is 12.1 Å². The largest absolute Gasteiger partial charge is 0.493 e. The van der Waals surface area contributed by atoms with Crippen LogP contribution in [0.5, 0.6) is 11.5 Å². The number of amides is 1. The van der Waals surface area contributed by atoms with Gasteiger partial charge < -0.3 is 19.5 Å². The highest BCUT2D eigenvalue weighted by Gasteiger charge is 2.11. The molecule has 148 valence electrons. The van der Waals surface area contributed by atoms with Gasteiger partial charge in [0.05, 0.1) is 7.11 Å². The minimum atomic E-state index is -0.708. The van der Waals surface area contributed by atoms with Crippen molar-refractivity contribution >= 4 is 18.0 Å². The molecule has 0 radical (unpaired) electrons. The van der Waals surface area contributed by atoms with E-state index in [1.165, 1.54) is 13.2 Å². The zero-order valence-electron chi connectivity index (χ0n) is 15.7. The maximum atomic E-state index is 13.5. The molecule has 0 bridgehead atoms. The van der Waals surface area contributed by atoms with E-state index >= 15 is 0 Å². The molecule has 6 nitrogen and oxygen atoms in total. The maximum absolute atomic E-state index is 13.5. The third-order valence-corrected chi connectivity index (χ3v) is 3.69. The number of nitrogens with one attached hydrogen (secondary N) is 1. The van der Waals surface area contributed by atoms with E-state index in [-0.39, 0.29) is 13.2 Å². The molecule has 0 heterocycles. The summed E-state index contributed by atoms with van der Waals surface area (Å²) in [5, 5.41) is 2.48. The third kappa shape index (κ3) is 6.42. The fourth-order valence-electron chi connectivity index (χ4n) is 2.31. The Labute approximate surface area is 162 Å². The Hall–Kier alpha value is -3.35. The second kappa shape index (κ2) is 10.7. The monoisotopic (exact) mass is 387 g/mol. The smallest absolute Gasteiger partial charge is 0.344 e. The van der Waals surface area contributed by atoms with E-state index in [4.69, 9.17) is 14.2 Å². The molecule has 1 amide bonds. The van der Waals surface area contributed by atoms with Gasteiger partial charge in [-0.05, 0) is 30.7 Å². The predicted octanol–water partition coefficient (Wildman–Crippen LogP) is 3.11. The standard InChI is InChI=1S/C21H22FNO5/c1-3-6-15-9-10-18(19(11-15)26-2)27-14-21(25)28-13-20(24)23-12-16-7-4-5-8-17(16)22/h3-11H,12-14H2,1-2H3,(H,23,24)/b6-3+. The Morgan fingerprint density at radius 2 is 1.89 bits per heavy atom. The molecule has 7 heteroatoms. The van der Waals surface area contributed by atoms with Crippen LogP contribution in [0.3, 0.4) is 0 Å². The molecule has 0 saturated carbocycles. The van der Waals surface area contributed by atoms with Gasteiger partial charge in [-0.3, -0.25) is 4.79 Å². The van der Waals surface area contributed by atoms with Gasteiger partial charge in [0.25, 0.3) is 5.91 Å². The van der Waals surface area contributed by atoms with E-state index in [2.05, 4.69) is 5.32 Å². The van der Waals surface area contributed by atoms with Crippen molar-refractivity contribution in [3.8, 4) is 11.5 Å². The molecule has 0 aliphatic carbocycles. The Bertz CT molecular complexity index is 850. The minimum Gasteiger partial charge on any atom is -0.493 e. The lowest BCUT2D eigenvalue weighted by Gasteiger charge is -2.11. The van der Waals surface area contributed by atoms with Crippen LogP contribution in [0.15, 0.2) is 48.5 Å². The first kappa shape index (κ1) is 21.0. The number of halogens is 1. The Balaban J connectivity index is 1.76. The van der Waals surface area contributed by atoms with E-state index in [0.29, 0.717) is 17.1 Å². The average molecular weight is 387 g/mol. The molecular formula is C21H22FNO5. The molecule has 0 aliphatic rings. The number of benzene rings is 2. The highest BCUT2D eigenvalue weighted by Crippen LogP contribution is 2.28. The van der Waals surface area contributed by atoms with E-state index < -0.39 is 24.3 Å². The fourth-order valence-corrected chi connectivity index (χ4v) is 2.31. The lowest BCUT2D eigenvalue weighted by molar-refractivity contribution is -0.150. The van der Waals surface area contributed by atoms with Gasteiger partial charge in [0.1, 0.15) is 5.82 Å². The molecule has 0 aromatic heterocycles. The van der Waals surface area contributed by atoms with Crippen molar-refractivity contribution in [2.75, 3.05) is 20.3 Å². The molecule has 0 fully saturated rings. The van der Waals surface area contributed by atoms with E-state index in [9.17, 15) is 14.0 Å². The number of rotatable bonds is 9. The minimum absolute atomic E-state index is 0.00924. The zero-order chi connectivity index (χ0) is 20.4. The van der Waals surface area contributed by atoms with Gasteiger partial charge in [-0.15, -0.1) is 0 Å². The first-order chi connectivity index (χ1) is 13.5. The van der Waals surface area contributed by atoms with Crippen LogP contribution in [0.2, 0.25) is 0 Å². The van der Waals surface area contributed by atoms with Crippen molar-refractivity contribution in [3.63, 3.8) is 0 Å². The summed E-state index contributed by atoms with van der Waals surface area (Å²) in [4.78, 5) is 23.5. The number of hydrogen-bond acceptors (Lipinski definition) is 5. The van der Waals surface area contributed by atoms with E-state index in [1.54, 1.807) is 30.3 Å². The molecule has 2 aromatic rings. The summed E-state index contributed by atoms with van der Waals surface area (Å²) in [5.41, 5.74) is 1.28. The molecule has 0 atom stereocenters. The lowest BCUT2D eigenvalue weighted by atomic mass is 10.2. The maximum Gasteiger partial charge on any atom is 0.344 e. The van der Waals surface area contributed by atoms with Crippen LogP contribution in [0.25, 0.3) is 6.08 Å². The SMILES string of the molecule is C/C=C/c1ccc(OCC(=O)OCC(=O)NCc2ccccc2F)c(OC)c1. The Kier molecular flexibility index (Phi) is 8.02. The number of esters is 1. The van der Waals surface area contributed by atoms with Gasteiger partial charge in [-0.2, -0.15) is 0 Å². The van der Waals surface area contributed by atoms with Crippen molar-refractivity contribution in [1.29, 1.82) is 0 Å². The average Bonchev–Trinajstić information content (AvgIpc) is 2.70. The number of allylic oxidation sites excluding steroid dienone is 1. The first-order valence-corrected chi connectivity index (χ1v) is 8.62. The Morgan fingerprint density at radius 1 is 1.11 bits per heavy atom. The summed E-state index contributed by atoms with van der Waals surface area (Å²) < 4.78 is 29.0. The van der Waals surface area contributed by atoms with Crippen LogP contribution < -0.4 is 14.8 Å². The van der Waals surface area contributed by atoms with Crippen LogP contribution >= 0.6 is 0 Å². The number of carbonyl (C=O) groups is 2. The molecule has 1 N–H and O–H groups in total. The van der Waals surface area contributed by atoms with Crippen molar-refractivity contribution in [1.82, 2.24) is 5.32 Å². The molecule has 28 heavy (non-hydrogen) atoms. The summed E-state index contributed by atoms with van der Waals surface area (Å²) in [7, 11) is 1.50. The van der Waals surface area contributed by atoms with Gasteiger partial charge in [-0.1, -0.05) is 36.4 Å². The van der Waals surface area contributed by atoms with Gasteiger partial charge in [0.15, 0.2) is 24.7 Å². The first-order valence-electron chi connectivity index (χ1n) is 8.62. The van der Waals surface area contributed by atoms with E-state index in [0.717, 1.165) is 5.56 Å². The number of carbonyl (C=O) groups excluding carboxylic acids is 2. The summed E-state index contributed by atoms with van der Waals surface area (Å²) in [5.74, 6) is -0.796. The molecule has 0 saturated heterocycles. The molecular weight excluding hydrogens is 365 g/mol. The molecule has 2 rings (SSSR count). The highest BCUT2D eigenvalue weighted by atomic mass is 19.1. The predicted molar refractivity (Wildman–Crippen MR) is 102 cm³/mol. The van der Waals surface area contributed by atoms with Crippen LogP contribution in [0.4, 0.5) is 4.39 Å². The van der Waals surface area contributed by atoms with Crippen LogP contribution in [-0.4, -0.2) is 32.2 Å². The summed E-state index contributed by atoms with van der Waals surface area (Å²) in [6.07, 6.45) is 3.80. The summed E-state index contributed by atoms with van der Waals surface area (Å²) in [6, 6.07) is 11.4. The highest BCUT2D eigenvalue weighted by molar-refractivity contribution is 5.80. The van der Waals surface area contributed by atoms with Crippen LogP contribution in [-0.2, 0) is 20.9 Å². The molecule has 0 unspecified atom stereocenters. The topological polar surface area (TPSA) is 73.9 Å². The molecule has 2 aromatic carbocycles. The summed E-state index contributed by atoms with van der Waals surface area (Å²) >= 11 is 0. The normalized spacial score (nSPS) is 10.5. The van der Waals surface area contributed by atoms with Crippen molar-refractivity contribution in [2.24, 2.45) is 0 Å². The summed E-state index contributed by atoms with van der Waals surface area (Å²) in [6.45, 7) is 1.06. The fraction of sp³-hybridized carbons (Fsp3) is 0.238. The number of methoxy groups -OCH3 is 1. The van der Waals surface area contributed by atoms with Crippen molar-refractivity contribution in [3.05, 3.63) is 65.5 Å². The molecule has 0 aliphatic heterocycles. The second-order valence-corrected chi connectivity index (χ2v) is 5.73.